The molecule has 0 atom stereocenters. The van der Waals surface area contributed by atoms with Crippen molar-refractivity contribution in [3.8, 4) is 11.8 Å². The predicted molar refractivity (Wildman–Crippen MR) is 95.1 cm³/mol. The summed E-state index contributed by atoms with van der Waals surface area (Å²) >= 11 is 0. The van der Waals surface area contributed by atoms with E-state index in [0.717, 1.165) is 22.0 Å². The zero-order valence-electron chi connectivity index (χ0n) is 13.0. The summed E-state index contributed by atoms with van der Waals surface area (Å²) in [7, 11) is 0. The van der Waals surface area contributed by atoms with Gasteiger partial charge in [0.15, 0.2) is 6.61 Å². The van der Waals surface area contributed by atoms with Gasteiger partial charge in [-0.2, -0.15) is 0 Å². The number of nitrogens with zero attached hydrogens (tertiary/aromatic N) is 1. The molecule has 3 nitrogen and oxygen atoms in total. The number of para-hydroxylation sites is 1. The summed E-state index contributed by atoms with van der Waals surface area (Å²) in [6.07, 6.45) is 4.84. The van der Waals surface area contributed by atoms with Gasteiger partial charge in [-0.1, -0.05) is 54.3 Å². The molecule has 0 amide bonds. The Morgan fingerprint density at radius 1 is 1.04 bits per heavy atom. The Labute approximate surface area is 140 Å². The third-order valence-corrected chi connectivity index (χ3v) is 3.36. The van der Waals surface area contributed by atoms with E-state index < -0.39 is 5.97 Å². The number of esters is 1. The first-order chi connectivity index (χ1) is 11.8. The number of ether oxygens (including phenoxy) is 1. The summed E-state index contributed by atoms with van der Waals surface area (Å²) in [5.74, 6) is 5.33. The van der Waals surface area contributed by atoms with Crippen LogP contribution in [0.25, 0.3) is 17.0 Å². The van der Waals surface area contributed by atoms with E-state index in [1.165, 1.54) is 6.08 Å². The number of fused-ring (bicyclic) bond motifs is 1. The van der Waals surface area contributed by atoms with Crippen LogP contribution in [0, 0.1) is 11.8 Å². The minimum Gasteiger partial charge on any atom is -0.449 e. The van der Waals surface area contributed by atoms with Crippen LogP contribution >= 0.6 is 0 Å². The average molecular weight is 313 g/mol. The minimum atomic E-state index is -0.426. The molecular formula is C21H15NO2. The van der Waals surface area contributed by atoms with Crippen LogP contribution in [0.5, 0.6) is 0 Å². The lowest BCUT2D eigenvalue weighted by Gasteiger charge is -2.00. The number of carbonyl (C=O) groups is 1. The Morgan fingerprint density at radius 3 is 2.75 bits per heavy atom. The second kappa shape index (κ2) is 7.75. The second-order valence-electron chi connectivity index (χ2n) is 5.03. The minimum absolute atomic E-state index is 0.0614. The van der Waals surface area contributed by atoms with Crippen molar-refractivity contribution < 1.29 is 9.53 Å². The molecule has 0 spiro atoms. The van der Waals surface area contributed by atoms with Crippen molar-refractivity contribution in [3.63, 3.8) is 0 Å². The normalized spacial score (nSPS) is 10.3. The van der Waals surface area contributed by atoms with E-state index in [2.05, 4.69) is 16.8 Å². The number of hydrogen-bond acceptors (Lipinski definition) is 3. The van der Waals surface area contributed by atoms with Gasteiger partial charge < -0.3 is 4.74 Å². The van der Waals surface area contributed by atoms with Crippen molar-refractivity contribution in [1.82, 2.24) is 4.98 Å². The van der Waals surface area contributed by atoms with E-state index >= 15 is 0 Å². The number of aromatic nitrogens is 1. The lowest BCUT2D eigenvalue weighted by atomic mass is 10.1. The largest absolute Gasteiger partial charge is 0.449 e. The number of hydrogen-bond donors (Lipinski definition) is 0. The quantitative estimate of drug-likeness (QED) is 0.419. The SMILES string of the molecule is O=C(/C=C\c1cccc2cccnc12)OCC#Cc1ccccc1. The summed E-state index contributed by atoms with van der Waals surface area (Å²) in [6, 6.07) is 19.3. The fourth-order valence-electron chi connectivity index (χ4n) is 2.24. The molecule has 0 aliphatic carbocycles. The third-order valence-electron chi connectivity index (χ3n) is 3.36. The van der Waals surface area contributed by atoms with Crippen LogP contribution < -0.4 is 0 Å². The Kier molecular flexibility index (Phi) is 5.01. The molecule has 1 aromatic heterocycles. The first-order valence-electron chi connectivity index (χ1n) is 7.55. The van der Waals surface area contributed by atoms with Crippen LogP contribution in [0.1, 0.15) is 11.1 Å². The summed E-state index contributed by atoms with van der Waals surface area (Å²) in [5, 5.41) is 1.03. The molecule has 2 aromatic carbocycles. The standard InChI is InChI=1S/C21H15NO2/c23-20(24-16-6-9-17-7-2-1-3-8-17)14-13-19-11-4-10-18-12-5-15-22-21(18)19/h1-5,7-8,10-15H,16H2/b14-13-. The summed E-state index contributed by atoms with van der Waals surface area (Å²) < 4.78 is 5.08. The molecule has 0 aliphatic heterocycles. The first kappa shape index (κ1) is 15.5. The van der Waals surface area contributed by atoms with Crippen molar-refractivity contribution in [2.45, 2.75) is 0 Å². The van der Waals surface area contributed by atoms with Gasteiger partial charge in [0.2, 0.25) is 0 Å². The Hall–Kier alpha value is -3.38. The van der Waals surface area contributed by atoms with Crippen molar-refractivity contribution in [2.75, 3.05) is 6.61 Å². The topological polar surface area (TPSA) is 39.2 Å². The molecule has 0 aliphatic rings. The predicted octanol–water partition coefficient (Wildman–Crippen LogP) is 3.84. The van der Waals surface area contributed by atoms with Gasteiger partial charge in [0.25, 0.3) is 0 Å². The van der Waals surface area contributed by atoms with Crippen LogP contribution in [-0.2, 0) is 9.53 Å². The monoisotopic (exact) mass is 313 g/mol. The maximum absolute atomic E-state index is 11.8. The first-order valence-corrected chi connectivity index (χ1v) is 7.55. The number of pyridine rings is 1. The van der Waals surface area contributed by atoms with Crippen LogP contribution in [-0.4, -0.2) is 17.6 Å². The van der Waals surface area contributed by atoms with Gasteiger partial charge in [-0.25, -0.2) is 4.79 Å². The molecule has 0 radical (unpaired) electrons. The highest BCUT2D eigenvalue weighted by molar-refractivity contribution is 5.92. The van der Waals surface area contributed by atoms with Gasteiger partial charge >= 0.3 is 5.97 Å². The molecule has 3 rings (SSSR count). The molecule has 0 fully saturated rings. The smallest absolute Gasteiger partial charge is 0.331 e. The highest BCUT2D eigenvalue weighted by Crippen LogP contribution is 2.17. The second-order valence-corrected chi connectivity index (χ2v) is 5.03. The molecule has 24 heavy (non-hydrogen) atoms. The summed E-state index contributed by atoms with van der Waals surface area (Å²) in [4.78, 5) is 16.1. The summed E-state index contributed by atoms with van der Waals surface area (Å²) in [5.41, 5.74) is 2.62. The molecule has 0 saturated carbocycles. The molecule has 1 heterocycles. The molecule has 0 saturated heterocycles. The molecule has 3 aromatic rings. The maximum Gasteiger partial charge on any atom is 0.331 e. The molecule has 0 unspecified atom stereocenters. The number of rotatable bonds is 3. The number of benzene rings is 2. The Balaban J connectivity index is 1.60. The van der Waals surface area contributed by atoms with Crippen LogP contribution in [0.2, 0.25) is 0 Å². The molecular weight excluding hydrogens is 298 g/mol. The highest BCUT2D eigenvalue weighted by atomic mass is 16.5. The van der Waals surface area contributed by atoms with E-state index in [4.69, 9.17) is 4.74 Å². The third kappa shape index (κ3) is 4.08. The van der Waals surface area contributed by atoms with E-state index in [1.807, 2.05) is 60.7 Å². The maximum atomic E-state index is 11.8. The van der Waals surface area contributed by atoms with Gasteiger partial charge in [0, 0.05) is 28.8 Å². The lowest BCUT2D eigenvalue weighted by Crippen LogP contribution is -2.00. The van der Waals surface area contributed by atoms with Crippen LogP contribution in [0.3, 0.4) is 0 Å². The fraction of sp³-hybridized carbons (Fsp3) is 0.0476. The van der Waals surface area contributed by atoms with E-state index in [9.17, 15) is 4.79 Å². The van der Waals surface area contributed by atoms with E-state index in [1.54, 1.807) is 12.3 Å². The summed E-state index contributed by atoms with van der Waals surface area (Å²) in [6.45, 7) is 0.0614. The van der Waals surface area contributed by atoms with Crippen LogP contribution in [0.4, 0.5) is 0 Å². The van der Waals surface area contributed by atoms with Gasteiger partial charge in [-0.3, -0.25) is 4.98 Å². The Bertz CT molecular complexity index is 929. The zero-order valence-corrected chi connectivity index (χ0v) is 13.0. The van der Waals surface area contributed by atoms with Gasteiger partial charge in [-0.05, 0) is 24.3 Å². The Morgan fingerprint density at radius 2 is 1.88 bits per heavy atom. The van der Waals surface area contributed by atoms with Crippen molar-refractivity contribution in [3.05, 3.63) is 84.1 Å². The van der Waals surface area contributed by atoms with Crippen molar-refractivity contribution in [2.24, 2.45) is 0 Å². The zero-order chi connectivity index (χ0) is 16.6. The number of carbonyl (C=O) groups excluding carboxylic acids is 1. The molecule has 0 bridgehead atoms. The average Bonchev–Trinajstić information content (AvgIpc) is 2.64. The van der Waals surface area contributed by atoms with Gasteiger partial charge in [-0.15, -0.1) is 0 Å². The van der Waals surface area contributed by atoms with Crippen molar-refractivity contribution in [1.29, 1.82) is 0 Å². The lowest BCUT2D eigenvalue weighted by molar-refractivity contribution is -0.136. The molecule has 0 N–H and O–H groups in total. The fourth-order valence-corrected chi connectivity index (χ4v) is 2.24. The van der Waals surface area contributed by atoms with E-state index in [-0.39, 0.29) is 6.61 Å². The van der Waals surface area contributed by atoms with Gasteiger partial charge in [0.05, 0.1) is 5.52 Å². The van der Waals surface area contributed by atoms with Crippen LogP contribution in [0.15, 0.2) is 72.9 Å². The van der Waals surface area contributed by atoms with Gasteiger partial charge in [0.1, 0.15) is 0 Å². The molecule has 116 valence electrons. The highest BCUT2D eigenvalue weighted by Gasteiger charge is 2.00. The molecule has 3 heteroatoms. The van der Waals surface area contributed by atoms with E-state index in [0.29, 0.717) is 0 Å². The van der Waals surface area contributed by atoms with Crippen molar-refractivity contribution >= 4 is 22.9 Å².